The average Bonchev–Trinajstić information content (AvgIpc) is 3.66. The molecule has 1 saturated carbocycles. The van der Waals surface area contributed by atoms with Gasteiger partial charge in [0.15, 0.2) is 0 Å². The van der Waals surface area contributed by atoms with E-state index in [1.807, 2.05) is 0 Å². The summed E-state index contributed by atoms with van der Waals surface area (Å²) in [5, 5.41) is 0. The third-order valence-corrected chi connectivity index (χ3v) is 10.7. The third-order valence-electron chi connectivity index (χ3n) is 10.7. The van der Waals surface area contributed by atoms with E-state index in [2.05, 4.69) is 9.80 Å². The number of fused-ring (bicyclic) bond motifs is 4. The maximum Gasteiger partial charge on any atom is 0.414 e. The van der Waals surface area contributed by atoms with Crippen LogP contribution in [0.25, 0.3) is 0 Å². The van der Waals surface area contributed by atoms with Gasteiger partial charge in [-0.15, -0.1) is 0 Å². The van der Waals surface area contributed by atoms with E-state index in [1.165, 1.54) is 6.07 Å². The zero-order valence-corrected chi connectivity index (χ0v) is 23.4. The molecule has 1 spiro atoms. The molecule has 1 aromatic rings. The lowest BCUT2D eigenvalue weighted by Crippen LogP contribution is -2.51. The van der Waals surface area contributed by atoms with Crippen molar-refractivity contribution in [2.24, 2.45) is 0 Å². The van der Waals surface area contributed by atoms with E-state index in [4.69, 9.17) is 14.2 Å². The van der Waals surface area contributed by atoms with Gasteiger partial charge < -0.3 is 24.0 Å². The second-order valence-electron chi connectivity index (χ2n) is 13.0. The highest BCUT2D eigenvalue weighted by Crippen LogP contribution is 2.48. The second kappa shape index (κ2) is 10.8. The van der Waals surface area contributed by atoms with Crippen molar-refractivity contribution < 1.29 is 28.2 Å². The number of rotatable bonds is 3. The summed E-state index contributed by atoms with van der Waals surface area (Å²) in [6, 6.07) is 5.89. The fourth-order valence-electron chi connectivity index (χ4n) is 8.16. The van der Waals surface area contributed by atoms with E-state index in [0.717, 1.165) is 101 Å². The van der Waals surface area contributed by atoms with Gasteiger partial charge >= 0.3 is 12.2 Å². The molecular formula is C31H42FN3O5. The normalized spacial score (nSPS) is 31.9. The van der Waals surface area contributed by atoms with Gasteiger partial charge in [-0.25, -0.2) is 14.0 Å². The Morgan fingerprint density at radius 1 is 0.850 bits per heavy atom. The topological polar surface area (TPSA) is 71.6 Å². The molecule has 5 aliphatic heterocycles. The average molecular weight is 556 g/mol. The molecule has 5 heterocycles. The van der Waals surface area contributed by atoms with E-state index in [-0.39, 0.29) is 47.7 Å². The minimum Gasteiger partial charge on any atom is -0.446 e. The zero-order valence-electron chi connectivity index (χ0n) is 23.4. The molecular weight excluding hydrogens is 513 g/mol. The summed E-state index contributed by atoms with van der Waals surface area (Å²) in [6.07, 6.45) is 11.4. The number of nitrogens with zero attached hydrogens (tertiary/aromatic N) is 3. The Morgan fingerprint density at radius 3 is 2.15 bits per heavy atom. The van der Waals surface area contributed by atoms with Gasteiger partial charge in [-0.1, -0.05) is 0 Å². The smallest absolute Gasteiger partial charge is 0.414 e. The second-order valence-corrected chi connectivity index (χ2v) is 13.0. The standard InChI is InChI=1S/C31H42FN3O5/c32-21-4-11-28-27(18-21)31(20-34(28)29(36)39-25-2-1-3-25)13-15-33(16-14-31)22-5-7-23-9-10-24(8-6-22)35(23)30(37)40-26-12-17-38-19-26/h4,11,18,22-26H,1-3,5-10,12-17,19-20H2/t22?,23?,24?,26-/m1/s1. The van der Waals surface area contributed by atoms with E-state index in [9.17, 15) is 14.0 Å². The molecule has 0 N–H and O–H groups in total. The van der Waals surface area contributed by atoms with Gasteiger partial charge in [-0.2, -0.15) is 0 Å². The number of hydrogen-bond donors (Lipinski definition) is 0. The number of amides is 2. The number of ether oxygens (including phenoxy) is 3. The SMILES string of the molecule is O=C(OC1CCC1)N1CC2(CCN(C3CCC4CCC(CC3)N4C(=O)O[C@@H]3CCOC3)CC2)c2cc(F)ccc21. The van der Waals surface area contributed by atoms with Crippen LogP contribution in [-0.4, -0.2) is 85.2 Å². The molecule has 4 saturated heterocycles. The number of carbonyl (C=O) groups is 2. The Bertz CT molecular complexity index is 1100. The minimum absolute atomic E-state index is 0.0268. The van der Waals surface area contributed by atoms with E-state index < -0.39 is 0 Å². The van der Waals surface area contributed by atoms with Crippen molar-refractivity contribution in [3.05, 3.63) is 29.6 Å². The predicted molar refractivity (Wildman–Crippen MR) is 147 cm³/mol. The summed E-state index contributed by atoms with van der Waals surface area (Å²) in [5.74, 6) is -0.242. The number of piperidine rings is 1. The lowest BCUT2D eigenvalue weighted by Gasteiger charge is -2.44. The summed E-state index contributed by atoms with van der Waals surface area (Å²) in [7, 11) is 0. The molecule has 5 fully saturated rings. The van der Waals surface area contributed by atoms with Crippen LogP contribution in [0, 0.1) is 5.82 Å². The maximum absolute atomic E-state index is 14.4. The van der Waals surface area contributed by atoms with Crippen molar-refractivity contribution in [3.8, 4) is 0 Å². The van der Waals surface area contributed by atoms with Crippen LogP contribution in [0.1, 0.15) is 82.6 Å². The van der Waals surface area contributed by atoms with Crippen LogP contribution in [0.5, 0.6) is 0 Å². The molecule has 40 heavy (non-hydrogen) atoms. The van der Waals surface area contributed by atoms with E-state index >= 15 is 0 Å². The fraction of sp³-hybridized carbons (Fsp3) is 0.742. The molecule has 9 heteroatoms. The molecule has 0 aromatic heterocycles. The van der Waals surface area contributed by atoms with Crippen molar-refractivity contribution in [2.45, 2.75) is 113 Å². The van der Waals surface area contributed by atoms with Gasteiger partial charge in [-0.05, 0) is 107 Å². The Kier molecular flexibility index (Phi) is 7.15. The van der Waals surface area contributed by atoms with Crippen molar-refractivity contribution in [3.63, 3.8) is 0 Å². The molecule has 0 radical (unpaired) electrons. The Hall–Kier alpha value is -2.39. The van der Waals surface area contributed by atoms with Gasteiger partial charge in [-0.3, -0.25) is 4.90 Å². The molecule has 6 aliphatic rings. The Morgan fingerprint density at radius 2 is 1.52 bits per heavy atom. The van der Waals surface area contributed by atoms with Crippen LogP contribution >= 0.6 is 0 Å². The molecule has 218 valence electrons. The monoisotopic (exact) mass is 555 g/mol. The summed E-state index contributed by atoms with van der Waals surface area (Å²) in [4.78, 5) is 32.6. The van der Waals surface area contributed by atoms with Crippen molar-refractivity contribution >= 4 is 17.9 Å². The maximum atomic E-state index is 14.4. The molecule has 7 rings (SSSR count). The van der Waals surface area contributed by atoms with Crippen molar-refractivity contribution in [2.75, 3.05) is 37.7 Å². The van der Waals surface area contributed by atoms with Crippen molar-refractivity contribution in [1.29, 1.82) is 0 Å². The third kappa shape index (κ3) is 4.87. The van der Waals surface area contributed by atoms with Crippen LogP contribution in [0.2, 0.25) is 0 Å². The van der Waals surface area contributed by atoms with Crippen molar-refractivity contribution in [1.82, 2.24) is 9.80 Å². The lowest BCUT2D eigenvalue weighted by atomic mass is 9.73. The van der Waals surface area contributed by atoms with E-state index in [0.29, 0.717) is 25.8 Å². The fourth-order valence-corrected chi connectivity index (χ4v) is 8.16. The molecule has 3 atom stereocenters. The number of halogens is 1. The largest absolute Gasteiger partial charge is 0.446 e. The molecule has 2 amide bonds. The van der Waals surface area contributed by atoms with Crippen LogP contribution in [-0.2, 0) is 19.6 Å². The van der Waals surface area contributed by atoms with Gasteiger partial charge in [0, 0.05) is 36.5 Å². The molecule has 1 aromatic carbocycles. The lowest BCUT2D eigenvalue weighted by molar-refractivity contribution is 0.0310. The Balaban J connectivity index is 0.992. The first-order valence-corrected chi connectivity index (χ1v) is 15.6. The first kappa shape index (κ1) is 26.5. The number of hydrogen-bond acceptors (Lipinski definition) is 6. The minimum atomic E-state index is -0.282. The first-order valence-electron chi connectivity index (χ1n) is 15.6. The van der Waals surface area contributed by atoms with Crippen LogP contribution < -0.4 is 4.90 Å². The van der Waals surface area contributed by atoms with Crippen LogP contribution in [0.3, 0.4) is 0 Å². The molecule has 2 bridgehead atoms. The van der Waals surface area contributed by atoms with E-state index in [1.54, 1.807) is 17.0 Å². The zero-order chi connectivity index (χ0) is 27.3. The number of benzene rings is 1. The Labute approximate surface area is 236 Å². The first-order chi connectivity index (χ1) is 19.5. The number of anilines is 1. The quantitative estimate of drug-likeness (QED) is 0.500. The number of likely N-dealkylation sites (tertiary alicyclic amines) is 1. The number of carbonyl (C=O) groups excluding carboxylic acids is 2. The van der Waals surface area contributed by atoms with Gasteiger partial charge in [0.25, 0.3) is 0 Å². The summed E-state index contributed by atoms with van der Waals surface area (Å²) < 4.78 is 31.4. The van der Waals surface area contributed by atoms with Gasteiger partial charge in [0.1, 0.15) is 18.0 Å². The summed E-state index contributed by atoms with van der Waals surface area (Å²) in [6.45, 7) is 3.64. The molecule has 2 unspecified atom stereocenters. The predicted octanol–water partition coefficient (Wildman–Crippen LogP) is 5.37. The molecule has 8 nitrogen and oxygen atoms in total. The summed E-state index contributed by atoms with van der Waals surface area (Å²) in [5.41, 5.74) is 1.56. The highest BCUT2D eigenvalue weighted by Gasteiger charge is 2.49. The highest BCUT2D eigenvalue weighted by atomic mass is 19.1. The highest BCUT2D eigenvalue weighted by molar-refractivity contribution is 5.91. The van der Waals surface area contributed by atoms with Crippen LogP contribution in [0.4, 0.5) is 19.7 Å². The summed E-state index contributed by atoms with van der Waals surface area (Å²) >= 11 is 0. The van der Waals surface area contributed by atoms with Gasteiger partial charge in [0.05, 0.1) is 18.9 Å². The van der Waals surface area contributed by atoms with Crippen LogP contribution in [0.15, 0.2) is 18.2 Å². The molecule has 1 aliphatic carbocycles. The van der Waals surface area contributed by atoms with Gasteiger partial charge in [0.2, 0.25) is 0 Å².